The van der Waals surface area contributed by atoms with Crippen LogP contribution in [-0.4, -0.2) is 460 Å². The second kappa shape index (κ2) is 40.2. The van der Waals surface area contributed by atoms with Gasteiger partial charge in [0.15, 0.2) is 50.3 Å². The number of nitrogens with one attached hydrogen (secondary N) is 5. The molecule has 0 unspecified atom stereocenters. The van der Waals surface area contributed by atoms with Crippen LogP contribution in [-0.2, 0) is 99.8 Å². The largest absolute Gasteiger partial charge is 0.394 e. The van der Waals surface area contributed by atoms with Crippen LogP contribution in [0.15, 0.2) is 0 Å². The molecule has 0 aromatic heterocycles. The number of hydrogen-bond acceptors (Lipinski definition) is 43. The van der Waals surface area contributed by atoms with Gasteiger partial charge in [-0.1, -0.05) is 0 Å². The lowest BCUT2D eigenvalue weighted by Gasteiger charge is -2.51. The van der Waals surface area contributed by atoms with Crippen LogP contribution >= 0.6 is 0 Å². The zero-order valence-electron chi connectivity index (χ0n) is 58.2. The van der Waals surface area contributed by atoms with Crippen molar-refractivity contribution in [3.63, 3.8) is 0 Å². The van der Waals surface area contributed by atoms with Gasteiger partial charge < -0.3 is 215 Å². The van der Waals surface area contributed by atoms with Gasteiger partial charge >= 0.3 is 0 Å². The molecule has 8 saturated heterocycles. The molecule has 8 heterocycles. The summed E-state index contributed by atoms with van der Waals surface area (Å²) in [6.07, 6.45) is -71.2. The van der Waals surface area contributed by atoms with Crippen LogP contribution in [0.3, 0.4) is 0 Å². The van der Waals surface area contributed by atoms with Crippen molar-refractivity contribution < 1.29 is 212 Å². The molecule has 0 bridgehead atoms. The van der Waals surface area contributed by atoms with Gasteiger partial charge in [0.2, 0.25) is 30.0 Å². The van der Waals surface area contributed by atoms with Gasteiger partial charge in [-0.3, -0.25) is 24.0 Å². The fourth-order valence-electron chi connectivity index (χ4n) is 13.5. The Balaban J connectivity index is 1.03. The van der Waals surface area contributed by atoms with Crippen LogP contribution < -0.4 is 26.6 Å². The first-order valence-electron chi connectivity index (χ1n) is 34.3. The molecule has 0 saturated carbocycles. The van der Waals surface area contributed by atoms with Crippen LogP contribution in [0.5, 0.6) is 0 Å². The Morgan fingerprint density at radius 2 is 0.593 bits per heavy atom. The molecule has 8 aliphatic heterocycles. The molecule has 0 radical (unpaired) electrons. The topological polar surface area (TPSA) is 738 Å². The van der Waals surface area contributed by atoms with Crippen molar-refractivity contribution in [3.05, 3.63) is 0 Å². The number of carbonyl (C=O) groups excluding carboxylic acids is 5. The van der Waals surface area contributed by atoms with E-state index in [0.29, 0.717) is 0 Å². The lowest BCUT2D eigenvalue weighted by molar-refractivity contribution is -0.387. The molecule has 0 aliphatic carbocycles. The van der Waals surface area contributed by atoms with Gasteiger partial charge in [0.05, 0.1) is 72.1 Å². The first-order valence-corrected chi connectivity index (χ1v) is 34.3. The summed E-state index contributed by atoms with van der Waals surface area (Å²) in [5.41, 5.74) is 0. The monoisotopic (exact) mass is 1580 g/mol. The molecule has 0 aromatic rings. The third-order valence-corrected chi connectivity index (χ3v) is 19.2. The Morgan fingerprint density at radius 1 is 0.306 bits per heavy atom. The maximum atomic E-state index is 13.0. The Bertz CT molecular complexity index is 2830. The van der Waals surface area contributed by atoms with E-state index in [0.717, 1.165) is 27.7 Å². The number of aliphatic hydroxyl groups is 22. The zero-order valence-corrected chi connectivity index (χ0v) is 58.2. The van der Waals surface area contributed by atoms with Crippen molar-refractivity contribution in [1.82, 2.24) is 26.6 Å². The normalized spacial score (nSPS) is 46.2. The Labute approximate surface area is 612 Å². The van der Waals surface area contributed by atoms with E-state index < -0.39 is 341 Å². The van der Waals surface area contributed by atoms with Crippen LogP contribution in [0.25, 0.3) is 0 Å². The zero-order chi connectivity index (χ0) is 79.6. The van der Waals surface area contributed by atoms with E-state index in [1.165, 1.54) is 0 Å². The summed E-state index contributed by atoms with van der Waals surface area (Å²) < 4.78 is 93.7. The Morgan fingerprint density at radius 3 is 1.00 bits per heavy atom. The Hall–Kier alpha value is -4.17. The Kier molecular flexibility index (Phi) is 33.3. The fourth-order valence-corrected chi connectivity index (χ4v) is 13.5. The SMILES string of the molecule is CC(=O)N[C@H]1[C@H](OC[C@H]2O[C@@H](O[C@H]3[C@H](O)[C@@H](NC(C)=O)[C@H](O[C@H]4[C@@H](O)[C@@H](CO)O[C@@H](O[C@H]5[C@H](O)[C@@H](O)[C@H](OC[C@@H](CO)NC=O)O[C@@H]5CO)[C@@H]4O)O[C@@H]3CO)[C@H](O)[C@@H](O[C@@H]3O[C@H](CO)[C@@H](O)[C@H](O)[C@H]3NC(C)=O)[C@H]2O)O[C@H](CO)[C@@H](O[C@@H]2O[C@H](CO[C@@H]3O[C@H](CO)[C@@H](O)[C@H](O)[C@H]3NC(C)=O)[C@H](O)[C@H](O)[C@H]2O)[C@@H]1O. The summed E-state index contributed by atoms with van der Waals surface area (Å²) in [5, 5.41) is 255. The molecule has 0 aromatic carbocycles. The molecule has 0 spiro atoms. The standard InChI is InChI=1S/C60H101N5O43/c1-16(74)62-29-38(83)33(78)21(6-67)96-53(29)94-13-27-35(80)42(87)44(89)58(102-27)104-48-24(9-70)99-54(31(40(48)85)64-18(3)76)95-14-28-37(82)52(108-55-30(63-17(2)75)39(84)34(79)22(7-68)97-55)47(92)60(103-28)105-49-25(10-71)100-56(32(41(49)86)65-19(4)77)107-51-36(81)23(8-69)98-59(46(51)91)106-50-26(11-72)101-57(45(90)43(50)88)93-12-20(5-66)61-15-73/h15,20-60,66-72,78-92H,5-14H2,1-4H3,(H,61,73)(H,62,74)(H,63,75)(H,64,76)(H,65,77)/t20-,21-,22-,23-,24-,25-,26-,27-,28-,29-,30-,31-,32-,33-,34-,35+,36+,37+,38-,39-,40-,41-,42+,43-,44-,45-,46-,47-,48-,49-,50-,51+,52+,53-,54-,55+,56+,57-,58+,59+,60+/m1/s1. The van der Waals surface area contributed by atoms with Crippen molar-refractivity contribution >= 4 is 30.0 Å². The van der Waals surface area contributed by atoms with Crippen LogP contribution in [0, 0.1) is 0 Å². The summed E-state index contributed by atoms with van der Waals surface area (Å²) in [7, 11) is 0. The van der Waals surface area contributed by atoms with Gasteiger partial charge in [0, 0.05) is 27.7 Å². The number of aliphatic hydroxyl groups excluding tert-OH is 22. The maximum Gasteiger partial charge on any atom is 0.217 e. The third kappa shape index (κ3) is 20.7. The van der Waals surface area contributed by atoms with Crippen molar-refractivity contribution in [2.75, 3.05) is 66.1 Å². The first-order chi connectivity index (χ1) is 51.2. The minimum Gasteiger partial charge on any atom is -0.394 e. The van der Waals surface area contributed by atoms with Crippen molar-refractivity contribution in [1.29, 1.82) is 0 Å². The van der Waals surface area contributed by atoms with Gasteiger partial charge in [-0.25, -0.2) is 0 Å². The predicted octanol–water partition coefficient (Wildman–Crippen LogP) is -18.7. The molecular formula is C60H101N5O43. The van der Waals surface area contributed by atoms with E-state index in [2.05, 4.69) is 26.6 Å². The number of ether oxygens (including phenoxy) is 16. The predicted molar refractivity (Wildman–Crippen MR) is 335 cm³/mol. The molecule has 108 heavy (non-hydrogen) atoms. The second-order valence-corrected chi connectivity index (χ2v) is 26.9. The van der Waals surface area contributed by atoms with Crippen LogP contribution in [0.4, 0.5) is 0 Å². The van der Waals surface area contributed by atoms with E-state index >= 15 is 0 Å². The number of rotatable bonds is 32. The molecule has 41 atom stereocenters. The highest BCUT2D eigenvalue weighted by molar-refractivity contribution is 5.74. The smallest absolute Gasteiger partial charge is 0.217 e. The second-order valence-electron chi connectivity index (χ2n) is 26.9. The number of hydrogen-bond donors (Lipinski definition) is 27. The van der Waals surface area contributed by atoms with Gasteiger partial charge in [0.1, 0.15) is 195 Å². The quantitative estimate of drug-likeness (QED) is 0.0278. The van der Waals surface area contributed by atoms with Gasteiger partial charge in [-0.15, -0.1) is 0 Å². The van der Waals surface area contributed by atoms with E-state index in [1.807, 2.05) is 0 Å². The lowest BCUT2D eigenvalue weighted by Crippen LogP contribution is -2.70. The summed E-state index contributed by atoms with van der Waals surface area (Å²) in [6.45, 7) is -5.24. The van der Waals surface area contributed by atoms with Gasteiger partial charge in [-0.2, -0.15) is 0 Å². The molecule has 624 valence electrons. The van der Waals surface area contributed by atoms with Gasteiger partial charge in [0.25, 0.3) is 0 Å². The van der Waals surface area contributed by atoms with E-state index in [-0.39, 0.29) is 6.41 Å². The van der Waals surface area contributed by atoms with Crippen LogP contribution in [0.1, 0.15) is 27.7 Å². The summed E-state index contributed by atoms with van der Waals surface area (Å²) in [5.74, 6) is -3.45. The lowest BCUT2D eigenvalue weighted by atomic mass is 9.94. The molecule has 27 N–H and O–H groups in total. The summed E-state index contributed by atoms with van der Waals surface area (Å²) in [6, 6.07) is -8.08. The summed E-state index contributed by atoms with van der Waals surface area (Å²) >= 11 is 0. The molecule has 48 nitrogen and oxygen atoms in total. The molecular weight excluding hydrogens is 1480 g/mol. The highest BCUT2D eigenvalue weighted by atomic mass is 16.8. The average Bonchev–Trinajstić information content (AvgIpc) is 0.833. The number of amides is 5. The third-order valence-electron chi connectivity index (χ3n) is 19.2. The average molecular weight is 1580 g/mol. The fraction of sp³-hybridized carbons (Fsp3) is 0.917. The van der Waals surface area contributed by atoms with Crippen molar-refractivity contribution in [3.8, 4) is 0 Å². The molecule has 8 rings (SSSR count). The van der Waals surface area contributed by atoms with E-state index in [4.69, 9.17) is 75.8 Å². The molecule has 8 aliphatic rings. The highest BCUT2D eigenvalue weighted by Crippen LogP contribution is 2.38. The minimum absolute atomic E-state index is 0.254. The molecule has 8 fully saturated rings. The molecule has 5 amide bonds. The van der Waals surface area contributed by atoms with Gasteiger partial charge in [-0.05, 0) is 0 Å². The maximum absolute atomic E-state index is 13.0. The number of carbonyl (C=O) groups is 5. The van der Waals surface area contributed by atoms with Crippen LogP contribution in [0.2, 0.25) is 0 Å². The summed E-state index contributed by atoms with van der Waals surface area (Å²) in [4.78, 5) is 61.5. The first kappa shape index (κ1) is 89.4. The van der Waals surface area contributed by atoms with E-state index in [1.54, 1.807) is 0 Å². The van der Waals surface area contributed by atoms with Crippen molar-refractivity contribution in [2.24, 2.45) is 0 Å². The van der Waals surface area contributed by atoms with E-state index in [9.17, 15) is 136 Å². The minimum atomic E-state index is -2.40. The highest BCUT2D eigenvalue weighted by Gasteiger charge is 2.60. The molecule has 48 heteroatoms. The van der Waals surface area contributed by atoms with Crippen molar-refractivity contribution in [2.45, 2.75) is 279 Å².